The van der Waals surface area contributed by atoms with Gasteiger partial charge in [-0.2, -0.15) is 5.10 Å². The number of amides is 1. The number of nitrogens with zero attached hydrogens (tertiary/aromatic N) is 3. The topological polar surface area (TPSA) is 67.2 Å². The van der Waals surface area contributed by atoms with E-state index >= 15 is 0 Å². The Bertz CT molecular complexity index is 1120. The average Bonchev–Trinajstić information content (AvgIpc) is 2.75. The fourth-order valence-electron chi connectivity index (χ4n) is 3.42. The highest BCUT2D eigenvalue weighted by Gasteiger charge is 2.20. The molecule has 31 heavy (non-hydrogen) atoms. The molecule has 2 aromatic carbocycles. The van der Waals surface area contributed by atoms with Gasteiger partial charge in [0, 0.05) is 18.3 Å². The molecule has 1 N–H and O–H groups in total. The number of halogens is 1. The van der Waals surface area contributed by atoms with Crippen LogP contribution in [0.1, 0.15) is 40.3 Å². The molecule has 3 rings (SSSR count). The van der Waals surface area contributed by atoms with Crippen molar-refractivity contribution in [2.75, 3.05) is 20.6 Å². The second-order valence-corrected chi connectivity index (χ2v) is 8.05. The van der Waals surface area contributed by atoms with Gasteiger partial charge in [-0.15, -0.1) is 0 Å². The Balaban J connectivity index is 1.84. The summed E-state index contributed by atoms with van der Waals surface area (Å²) < 4.78 is 1.52. The van der Waals surface area contributed by atoms with E-state index in [9.17, 15) is 9.59 Å². The number of rotatable bonds is 7. The molecular weight excluding hydrogens is 412 g/mol. The van der Waals surface area contributed by atoms with Crippen LogP contribution < -0.4 is 10.7 Å². The van der Waals surface area contributed by atoms with Crippen molar-refractivity contribution in [2.24, 2.45) is 0 Å². The van der Waals surface area contributed by atoms with Gasteiger partial charge in [0.15, 0.2) is 5.69 Å². The number of likely N-dealkylation sites (N-methyl/N-ethyl adjacent to an activating group) is 1. The average molecular weight is 439 g/mol. The zero-order valence-electron chi connectivity index (χ0n) is 18.2. The van der Waals surface area contributed by atoms with E-state index in [0.29, 0.717) is 22.9 Å². The molecule has 0 aliphatic carbocycles. The summed E-state index contributed by atoms with van der Waals surface area (Å²) in [5.74, 6) is -0.511. The number of hydrogen-bond donors (Lipinski definition) is 1. The maximum Gasteiger partial charge on any atom is 0.275 e. The summed E-state index contributed by atoms with van der Waals surface area (Å²) in [5, 5.41) is 7.67. The monoisotopic (exact) mass is 438 g/mol. The van der Waals surface area contributed by atoms with Crippen molar-refractivity contribution in [3.8, 4) is 5.69 Å². The molecular formula is C24H27ClN4O2. The Kier molecular flexibility index (Phi) is 7.25. The smallest absolute Gasteiger partial charge is 0.275 e. The Labute approximate surface area is 187 Å². The normalized spacial score (nSPS) is 12.1. The van der Waals surface area contributed by atoms with E-state index in [1.165, 1.54) is 16.3 Å². The molecule has 1 heterocycles. The summed E-state index contributed by atoms with van der Waals surface area (Å²) >= 11 is 6.28. The van der Waals surface area contributed by atoms with Crippen molar-refractivity contribution < 1.29 is 4.79 Å². The number of para-hydroxylation sites is 1. The van der Waals surface area contributed by atoms with E-state index in [2.05, 4.69) is 41.6 Å². The SMILES string of the molecule is CCc1ccc(C(CNC(=O)c2nn(-c3ccccc3Cl)c(C)cc2=O)N(C)C)cc1. The van der Waals surface area contributed by atoms with Crippen molar-refractivity contribution in [2.45, 2.75) is 26.3 Å². The first kappa shape index (κ1) is 22.7. The van der Waals surface area contributed by atoms with Crippen LogP contribution in [-0.4, -0.2) is 41.2 Å². The van der Waals surface area contributed by atoms with Gasteiger partial charge in [0.1, 0.15) is 0 Å². The zero-order valence-corrected chi connectivity index (χ0v) is 19.0. The van der Waals surface area contributed by atoms with Crippen molar-refractivity contribution in [3.63, 3.8) is 0 Å². The first-order valence-electron chi connectivity index (χ1n) is 10.2. The second kappa shape index (κ2) is 9.90. The fraction of sp³-hybridized carbons (Fsp3) is 0.292. The van der Waals surface area contributed by atoms with Gasteiger partial charge in [-0.05, 0) is 50.7 Å². The zero-order chi connectivity index (χ0) is 22.5. The summed E-state index contributed by atoms with van der Waals surface area (Å²) in [4.78, 5) is 27.4. The minimum Gasteiger partial charge on any atom is -0.349 e. The molecule has 0 bridgehead atoms. The van der Waals surface area contributed by atoms with E-state index in [-0.39, 0.29) is 11.7 Å². The predicted octanol–water partition coefficient (Wildman–Crippen LogP) is 3.79. The Morgan fingerprint density at radius 2 is 1.84 bits per heavy atom. The molecule has 1 atom stereocenters. The van der Waals surface area contributed by atoms with Crippen LogP contribution in [0.2, 0.25) is 5.02 Å². The molecule has 3 aromatic rings. The molecule has 0 saturated heterocycles. The molecule has 1 aromatic heterocycles. The van der Waals surface area contributed by atoms with Gasteiger partial charge in [0.05, 0.1) is 16.8 Å². The van der Waals surface area contributed by atoms with Gasteiger partial charge >= 0.3 is 0 Å². The highest BCUT2D eigenvalue weighted by Crippen LogP contribution is 2.20. The third kappa shape index (κ3) is 5.21. The highest BCUT2D eigenvalue weighted by molar-refractivity contribution is 6.32. The third-order valence-electron chi connectivity index (χ3n) is 5.26. The van der Waals surface area contributed by atoms with E-state index in [0.717, 1.165) is 12.0 Å². The van der Waals surface area contributed by atoms with Crippen molar-refractivity contribution in [1.82, 2.24) is 20.0 Å². The molecule has 162 valence electrons. The molecule has 0 aliphatic rings. The molecule has 0 spiro atoms. The lowest BCUT2D eigenvalue weighted by Gasteiger charge is -2.25. The standard InChI is InChI=1S/C24H27ClN4O2/c1-5-17-10-12-18(13-11-17)21(28(3)4)15-26-24(31)23-22(30)14-16(2)29(27-23)20-9-7-6-8-19(20)25/h6-14,21H,5,15H2,1-4H3,(H,26,31). The van der Waals surface area contributed by atoms with Gasteiger partial charge in [-0.1, -0.05) is 54.9 Å². The van der Waals surface area contributed by atoms with Gasteiger partial charge in [0.2, 0.25) is 5.43 Å². The van der Waals surface area contributed by atoms with Gasteiger partial charge < -0.3 is 10.2 Å². The van der Waals surface area contributed by atoms with Crippen LogP contribution >= 0.6 is 11.6 Å². The Morgan fingerprint density at radius 1 is 1.16 bits per heavy atom. The van der Waals surface area contributed by atoms with Crippen LogP contribution in [0.25, 0.3) is 5.69 Å². The van der Waals surface area contributed by atoms with Gasteiger partial charge in [0.25, 0.3) is 5.91 Å². The van der Waals surface area contributed by atoms with E-state index in [1.807, 2.05) is 31.1 Å². The van der Waals surface area contributed by atoms with E-state index in [1.54, 1.807) is 19.1 Å². The van der Waals surface area contributed by atoms with Gasteiger partial charge in [-0.25, -0.2) is 4.68 Å². The summed E-state index contributed by atoms with van der Waals surface area (Å²) in [6.07, 6.45) is 0.973. The van der Waals surface area contributed by atoms with Crippen molar-refractivity contribution in [1.29, 1.82) is 0 Å². The molecule has 1 amide bonds. The molecule has 0 radical (unpaired) electrons. The van der Waals surface area contributed by atoms with Gasteiger partial charge in [-0.3, -0.25) is 9.59 Å². The maximum atomic E-state index is 12.9. The minimum absolute atomic E-state index is 0.0360. The first-order valence-corrected chi connectivity index (χ1v) is 10.6. The number of nitrogens with one attached hydrogen (secondary N) is 1. The molecule has 7 heteroatoms. The summed E-state index contributed by atoms with van der Waals surface area (Å²) in [7, 11) is 3.91. The lowest BCUT2D eigenvalue weighted by atomic mass is 10.0. The van der Waals surface area contributed by atoms with Crippen LogP contribution in [0.4, 0.5) is 0 Å². The van der Waals surface area contributed by atoms with Crippen molar-refractivity contribution in [3.05, 3.63) is 92.4 Å². The molecule has 0 fully saturated rings. The fourth-order valence-corrected chi connectivity index (χ4v) is 3.63. The highest BCUT2D eigenvalue weighted by atomic mass is 35.5. The summed E-state index contributed by atoms with van der Waals surface area (Å²) in [5.41, 5.74) is 2.97. The largest absolute Gasteiger partial charge is 0.349 e. The number of aromatic nitrogens is 2. The number of carbonyl (C=O) groups is 1. The maximum absolute atomic E-state index is 12.9. The molecule has 1 unspecified atom stereocenters. The van der Waals surface area contributed by atoms with Crippen LogP contribution in [0.5, 0.6) is 0 Å². The van der Waals surface area contributed by atoms with Crippen LogP contribution in [-0.2, 0) is 6.42 Å². The van der Waals surface area contributed by atoms with E-state index in [4.69, 9.17) is 11.6 Å². The van der Waals surface area contributed by atoms with Crippen LogP contribution in [0.3, 0.4) is 0 Å². The predicted molar refractivity (Wildman–Crippen MR) is 124 cm³/mol. The Hall–Kier alpha value is -2.96. The summed E-state index contributed by atoms with van der Waals surface area (Å²) in [6.45, 7) is 4.21. The van der Waals surface area contributed by atoms with Crippen LogP contribution in [0.15, 0.2) is 59.4 Å². The number of hydrogen-bond acceptors (Lipinski definition) is 4. The minimum atomic E-state index is -0.511. The molecule has 6 nitrogen and oxygen atoms in total. The lowest BCUT2D eigenvalue weighted by Crippen LogP contribution is -2.37. The molecule has 0 aliphatic heterocycles. The quantitative estimate of drug-likeness (QED) is 0.609. The van der Waals surface area contributed by atoms with Crippen LogP contribution in [0, 0.1) is 6.92 Å². The Morgan fingerprint density at radius 3 is 2.45 bits per heavy atom. The molecule has 0 saturated carbocycles. The lowest BCUT2D eigenvalue weighted by molar-refractivity contribution is 0.0934. The number of benzene rings is 2. The first-order chi connectivity index (χ1) is 14.8. The number of aryl methyl sites for hydroxylation is 2. The van der Waals surface area contributed by atoms with E-state index < -0.39 is 11.3 Å². The number of carbonyl (C=O) groups excluding carboxylic acids is 1. The summed E-state index contributed by atoms with van der Waals surface area (Å²) in [6, 6.07) is 16.9. The third-order valence-corrected chi connectivity index (χ3v) is 5.57. The second-order valence-electron chi connectivity index (χ2n) is 7.65. The van der Waals surface area contributed by atoms with Crippen molar-refractivity contribution >= 4 is 17.5 Å².